The zero-order valence-electron chi connectivity index (χ0n) is 9.25. The standard InChI is InChI=1S/C10H11N5O2/c1-15-7(4-5-11-15)9-13-14-10(17-9)12-8(16)6-2-3-6/h4-6H,2-3H2,1H3,(H,12,14,16). The van der Waals surface area contributed by atoms with E-state index in [0.717, 1.165) is 12.8 Å². The average molecular weight is 233 g/mol. The Morgan fingerprint density at radius 3 is 3.00 bits per heavy atom. The van der Waals surface area contributed by atoms with Gasteiger partial charge in [0.2, 0.25) is 5.91 Å². The normalized spacial score (nSPS) is 14.9. The van der Waals surface area contributed by atoms with E-state index in [1.165, 1.54) is 0 Å². The molecule has 2 aromatic heterocycles. The van der Waals surface area contributed by atoms with Gasteiger partial charge in [-0.05, 0) is 18.9 Å². The van der Waals surface area contributed by atoms with Crippen LogP contribution >= 0.6 is 0 Å². The van der Waals surface area contributed by atoms with Crippen molar-refractivity contribution in [3.8, 4) is 11.6 Å². The second-order valence-corrected chi connectivity index (χ2v) is 4.02. The highest BCUT2D eigenvalue weighted by Gasteiger charge is 2.30. The fraction of sp³-hybridized carbons (Fsp3) is 0.400. The van der Waals surface area contributed by atoms with E-state index in [1.54, 1.807) is 24.0 Å². The van der Waals surface area contributed by atoms with E-state index >= 15 is 0 Å². The van der Waals surface area contributed by atoms with Crippen molar-refractivity contribution < 1.29 is 9.21 Å². The lowest BCUT2D eigenvalue weighted by atomic mass is 10.4. The molecule has 0 spiro atoms. The van der Waals surface area contributed by atoms with Crippen molar-refractivity contribution in [2.45, 2.75) is 12.8 Å². The van der Waals surface area contributed by atoms with E-state index in [0.29, 0.717) is 11.6 Å². The predicted octanol–water partition coefficient (Wildman–Crippen LogP) is 0.819. The maximum absolute atomic E-state index is 11.5. The molecule has 0 aliphatic heterocycles. The van der Waals surface area contributed by atoms with Gasteiger partial charge >= 0.3 is 6.01 Å². The SMILES string of the molecule is Cn1nccc1-c1nnc(NC(=O)C2CC2)o1. The lowest BCUT2D eigenvalue weighted by Crippen LogP contribution is -2.13. The van der Waals surface area contributed by atoms with Crippen molar-refractivity contribution in [1.82, 2.24) is 20.0 Å². The highest BCUT2D eigenvalue weighted by Crippen LogP contribution is 2.30. The first-order valence-electron chi connectivity index (χ1n) is 5.37. The van der Waals surface area contributed by atoms with Crippen molar-refractivity contribution in [2.24, 2.45) is 13.0 Å². The Bertz CT molecular complexity index is 555. The molecule has 1 aliphatic rings. The molecule has 1 saturated carbocycles. The van der Waals surface area contributed by atoms with Crippen molar-refractivity contribution in [1.29, 1.82) is 0 Å². The van der Waals surface area contributed by atoms with Gasteiger partial charge in [0.05, 0.1) is 0 Å². The topological polar surface area (TPSA) is 85.8 Å². The summed E-state index contributed by atoms with van der Waals surface area (Å²) in [5.41, 5.74) is 0.712. The molecule has 88 valence electrons. The van der Waals surface area contributed by atoms with Gasteiger partial charge in [-0.15, -0.1) is 5.10 Å². The van der Waals surface area contributed by atoms with Gasteiger partial charge in [-0.2, -0.15) is 5.10 Å². The molecular weight excluding hydrogens is 222 g/mol. The first-order valence-corrected chi connectivity index (χ1v) is 5.37. The number of nitrogens with one attached hydrogen (secondary N) is 1. The van der Waals surface area contributed by atoms with E-state index in [4.69, 9.17) is 4.42 Å². The van der Waals surface area contributed by atoms with E-state index in [2.05, 4.69) is 20.6 Å². The molecule has 0 radical (unpaired) electrons. The van der Waals surface area contributed by atoms with Crippen molar-refractivity contribution >= 4 is 11.9 Å². The third-order valence-electron chi connectivity index (χ3n) is 2.64. The molecule has 1 fully saturated rings. The third kappa shape index (κ3) is 1.91. The Morgan fingerprint density at radius 1 is 1.53 bits per heavy atom. The van der Waals surface area contributed by atoms with E-state index in [-0.39, 0.29) is 17.8 Å². The van der Waals surface area contributed by atoms with E-state index in [1.807, 2.05) is 0 Å². The molecule has 0 atom stereocenters. The summed E-state index contributed by atoms with van der Waals surface area (Å²) in [6, 6.07) is 1.90. The van der Waals surface area contributed by atoms with Crippen molar-refractivity contribution in [3.63, 3.8) is 0 Å². The van der Waals surface area contributed by atoms with E-state index < -0.39 is 0 Å². The summed E-state index contributed by atoms with van der Waals surface area (Å²) in [6.07, 6.45) is 3.52. The molecule has 0 saturated heterocycles. The van der Waals surface area contributed by atoms with Gasteiger partial charge in [-0.25, -0.2) is 0 Å². The number of hydrogen-bond donors (Lipinski definition) is 1. The van der Waals surface area contributed by atoms with Crippen LogP contribution in [0.25, 0.3) is 11.6 Å². The summed E-state index contributed by atoms with van der Waals surface area (Å²) in [7, 11) is 1.78. The first kappa shape index (κ1) is 10.0. The van der Waals surface area contributed by atoms with Crippen LogP contribution in [0.1, 0.15) is 12.8 Å². The Morgan fingerprint density at radius 2 is 2.35 bits per heavy atom. The van der Waals surface area contributed by atoms with Gasteiger partial charge in [0.25, 0.3) is 5.89 Å². The zero-order chi connectivity index (χ0) is 11.8. The highest BCUT2D eigenvalue weighted by molar-refractivity contribution is 5.92. The quantitative estimate of drug-likeness (QED) is 0.848. The molecule has 0 aromatic carbocycles. The van der Waals surface area contributed by atoms with Crippen LogP contribution in [0.5, 0.6) is 0 Å². The molecule has 2 heterocycles. The minimum absolute atomic E-state index is 0.0507. The molecule has 7 nitrogen and oxygen atoms in total. The second-order valence-electron chi connectivity index (χ2n) is 4.02. The van der Waals surface area contributed by atoms with Crippen molar-refractivity contribution in [3.05, 3.63) is 12.3 Å². The molecule has 7 heteroatoms. The summed E-state index contributed by atoms with van der Waals surface area (Å²) in [5.74, 6) is 0.406. The Balaban J connectivity index is 1.78. The molecular formula is C10H11N5O2. The summed E-state index contributed by atoms with van der Waals surface area (Å²) in [5, 5.41) is 14.2. The van der Waals surface area contributed by atoms with Crippen LogP contribution in [0, 0.1) is 5.92 Å². The van der Waals surface area contributed by atoms with Gasteiger partial charge < -0.3 is 4.42 Å². The average Bonchev–Trinajstić information content (AvgIpc) is 2.93. The van der Waals surface area contributed by atoms with Gasteiger partial charge in [0.15, 0.2) is 0 Å². The van der Waals surface area contributed by atoms with Crippen LogP contribution in [0.15, 0.2) is 16.7 Å². The molecule has 1 aliphatic carbocycles. The summed E-state index contributed by atoms with van der Waals surface area (Å²) >= 11 is 0. The first-order chi connectivity index (χ1) is 8.24. The van der Waals surface area contributed by atoms with Gasteiger partial charge in [0.1, 0.15) is 5.69 Å². The Labute approximate surface area is 96.8 Å². The fourth-order valence-electron chi connectivity index (χ4n) is 1.51. The smallest absolute Gasteiger partial charge is 0.322 e. The van der Waals surface area contributed by atoms with Crippen LogP contribution in [0.4, 0.5) is 6.01 Å². The molecule has 3 rings (SSSR count). The van der Waals surface area contributed by atoms with Gasteiger partial charge in [-0.1, -0.05) is 5.10 Å². The van der Waals surface area contributed by atoms with Gasteiger partial charge in [0, 0.05) is 19.2 Å². The third-order valence-corrected chi connectivity index (χ3v) is 2.64. The molecule has 1 N–H and O–H groups in total. The van der Waals surface area contributed by atoms with Crippen LogP contribution < -0.4 is 5.32 Å². The van der Waals surface area contributed by atoms with Crippen molar-refractivity contribution in [2.75, 3.05) is 5.32 Å². The number of carbonyl (C=O) groups excluding carboxylic acids is 1. The number of amides is 1. The zero-order valence-corrected chi connectivity index (χ0v) is 9.25. The maximum Gasteiger partial charge on any atom is 0.322 e. The number of rotatable bonds is 3. The molecule has 0 bridgehead atoms. The Kier molecular flexibility index (Phi) is 2.17. The molecule has 2 aromatic rings. The monoisotopic (exact) mass is 233 g/mol. The summed E-state index contributed by atoms with van der Waals surface area (Å²) < 4.78 is 6.97. The highest BCUT2D eigenvalue weighted by atomic mass is 16.4. The lowest BCUT2D eigenvalue weighted by Gasteiger charge is -1.96. The summed E-state index contributed by atoms with van der Waals surface area (Å²) in [4.78, 5) is 11.5. The number of aryl methyl sites for hydroxylation is 1. The van der Waals surface area contributed by atoms with Crippen LogP contribution in [0.2, 0.25) is 0 Å². The lowest BCUT2D eigenvalue weighted by molar-refractivity contribution is -0.117. The molecule has 1 amide bonds. The van der Waals surface area contributed by atoms with Crippen LogP contribution in [0.3, 0.4) is 0 Å². The maximum atomic E-state index is 11.5. The van der Waals surface area contributed by atoms with E-state index in [9.17, 15) is 4.79 Å². The molecule has 17 heavy (non-hydrogen) atoms. The minimum Gasteiger partial charge on any atom is -0.401 e. The molecule has 0 unspecified atom stereocenters. The number of hydrogen-bond acceptors (Lipinski definition) is 5. The summed E-state index contributed by atoms with van der Waals surface area (Å²) in [6.45, 7) is 0. The van der Waals surface area contributed by atoms with Crippen LogP contribution in [-0.2, 0) is 11.8 Å². The predicted molar refractivity (Wildman–Crippen MR) is 57.9 cm³/mol. The van der Waals surface area contributed by atoms with Crippen LogP contribution in [-0.4, -0.2) is 25.9 Å². The van der Waals surface area contributed by atoms with Gasteiger partial charge in [-0.3, -0.25) is 14.8 Å². The minimum atomic E-state index is -0.0507. The number of carbonyl (C=O) groups is 1. The number of anilines is 1. The second kappa shape index (κ2) is 3.69. The number of nitrogens with zero attached hydrogens (tertiary/aromatic N) is 4. The Hall–Kier alpha value is -2.18. The number of aromatic nitrogens is 4. The fourth-order valence-corrected chi connectivity index (χ4v) is 1.51. The largest absolute Gasteiger partial charge is 0.401 e.